The SMILES string of the molecule is O=[N+]([O-])c1cccc(CS(=O)(=O)Cl)c1[N+](=O)[O-]. The van der Waals surface area contributed by atoms with Crippen molar-refractivity contribution in [1.82, 2.24) is 0 Å². The van der Waals surface area contributed by atoms with E-state index in [-0.39, 0.29) is 5.56 Å². The highest BCUT2D eigenvalue weighted by Gasteiger charge is 2.29. The number of hydrogen-bond acceptors (Lipinski definition) is 6. The second kappa shape index (κ2) is 4.63. The number of para-hydroxylation sites is 1. The largest absolute Gasteiger partial charge is 0.350 e. The molecule has 0 atom stereocenters. The van der Waals surface area contributed by atoms with Crippen LogP contribution in [0.2, 0.25) is 0 Å². The molecule has 0 heterocycles. The first kappa shape index (κ1) is 13.3. The fraction of sp³-hybridized carbons (Fsp3) is 0.143. The predicted molar refractivity (Wildman–Crippen MR) is 58.2 cm³/mol. The Morgan fingerprint density at radius 3 is 2.18 bits per heavy atom. The lowest BCUT2D eigenvalue weighted by atomic mass is 10.2. The van der Waals surface area contributed by atoms with Gasteiger partial charge in [0.25, 0.3) is 0 Å². The molecule has 0 aliphatic carbocycles. The van der Waals surface area contributed by atoms with Crippen molar-refractivity contribution in [3.63, 3.8) is 0 Å². The Labute approximate surface area is 99.5 Å². The van der Waals surface area contributed by atoms with Gasteiger partial charge in [-0.1, -0.05) is 12.1 Å². The summed E-state index contributed by atoms with van der Waals surface area (Å²) >= 11 is 0. The van der Waals surface area contributed by atoms with E-state index in [0.29, 0.717) is 0 Å². The van der Waals surface area contributed by atoms with Crippen molar-refractivity contribution in [2.45, 2.75) is 5.75 Å². The van der Waals surface area contributed by atoms with Crippen LogP contribution in [0.1, 0.15) is 5.56 Å². The van der Waals surface area contributed by atoms with Crippen LogP contribution in [0.25, 0.3) is 0 Å². The Morgan fingerprint density at radius 1 is 1.18 bits per heavy atom. The first-order valence-electron chi connectivity index (χ1n) is 4.05. The zero-order valence-electron chi connectivity index (χ0n) is 8.07. The van der Waals surface area contributed by atoms with Gasteiger partial charge in [-0.05, 0) is 0 Å². The summed E-state index contributed by atoms with van der Waals surface area (Å²) < 4.78 is 21.7. The minimum absolute atomic E-state index is 0.320. The van der Waals surface area contributed by atoms with Crippen LogP contribution < -0.4 is 0 Å². The van der Waals surface area contributed by atoms with E-state index in [4.69, 9.17) is 10.7 Å². The smallest absolute Gasteiger partial charge is 0.258 e. The number of rotatable bonds is 4. The van der Waals surface area contributed by atoms with Crippen LogP contribution in [0.15, 0.2) is 18.2 Å². The molecule has 0 amide bonds. The van der Waals surface area contributed by atoms with E-state index in [0.717, 1.165) is 18.2 Å². The molecule has 0 aromatic heterocycles. The van der Waals surface area contributed by atoms with Gasteiger partial charge in [0.1, 0.15) is 0 Å². The van der Waals surface area contributed by atoms with Crippen molar-refractivity contribution in [2.75, 3.05) is 0 Å². The van der Waals surface area contributed by atoms with E-state index < -0.39 is 36.0 Å². The number of nitro benzene ring substituents is 2. The Morgan fingerprint density at radius 2 is 1.76 bits per heavy atom. The number of halogens is 1. The average Bonchev–Trinajstić information content (AvgIpc) is 2.14. The summed E-state index contributed by atoms with van der Waals surface area (Å²) in [4.78, 5) is 19.3. The zero-order valence-corrected chi connectivity index (χ0v) is 9.64. The maximum Gasteiger partial charge on any atom is 0.350 e. The van der Waals surface area contributed by atoms with Gasteiger partial charge >= 0.3 is 11.4 Å². The Hall–Kier alpha value is -1.74. The Balaban J connectivity index is 3.46. The fourth-order valence-corrected chi connectivity index (χ4v) is 2.20. The summed E-state index contributed by atoms with van der Waals surface area (Å²) in [6.45, 7) is 0. The maximum absolute atomic E-state index is 10.8. The molecule has 17 heavy (non-hydrogen) atoms. The van der Waals surface area contributed by atoms with Crippen LogP contribution >= 0.6 is 10.7 Å². The lowest BCUT2D eigenvalue weighted by Gasteiger charge is -2.00. The van der Waals surface area contributed by atoms with Gasteiger partial charge in [-0.15, -0.1) is 0 Å². The molecule has 92 valence electrons. The number of benzene rings is 1. The van der Waals surface area contributed by atoms with Gasteiger partial charge in [-0.2, -0.15) is 0 Å². The molecule has 0 unspecified atom stereocenters. The molecule has 0 saturated carbocycles. The molecule has 0 radical (unpaired) electrons. The molecule has 1 aromatic carbocycles. The second-order valence-corrected chi connectivity index (χ2v) is 5.76. The number of nitrogens with zero attached hydrogens (tertiary/aromatic N) is 2. The molecule has 0 saturated heterocycles. The molecule has 1 aromatic rings. The van der Waals surface area contributed by atoms with Crippen molar-refractivity contribution in [1.29, 1.82) is 0 Å². The summed E-state index contributed by atoms with van der Waals surface area (Å²) in [7, 11) is 0.926. The van der Waals surface area contributed by atoms with E-state index >= 15 is 0 Å². The van der Waals surface area contributed by atoms with Gasteiger partial charge in [0.15, 0.2) is 0 Å². The molecule has 0 fully saturated rings. The summed E-state index contributed by atoms with van der Waals surface area (Å²) in [5, 5.41) is 21.3. The van der Waals surface area contributed by atoms with Crippen molar-refractivity contribution in [3.8, 4) is 0 Å². The van der Waals surface area contributed by atoms with Crippen molar-refractivity contribution in [2.24, 2.45) is 0 Å². The molecule has 0 N–H and O–H groups in total. The van der Waals surface area contributed by atoms with Gasteiger partial charge in [0.05, 0.1) is 21.2 Å². The third-order valence-corrected chi connectivity index (χ3v) is 2.79. The van der Waals surface area contributed by atoms with Gasteiger partial charge in [-0.25, -0.2) is 8.42 Å². The first-order valence-corrected chi connectivity index (χ1v) is 6.53. The topological polar surface area (TPSA) is 120 Å². The third kappa shape index (κ3) is 3.36. The number of nitro groups is 2. The minimum atomic E-state index is -4.03. The molecular weight excluding hydrogens is 276 g/mol. The van der Waals surface area contributed by atoms with Crippen molar-refractivity contribution in [3.05, 3.63) is 44.0 Å². The first-order chi connectivity index (χ1) is 7.72. The Bertz CT molecular complexity index is 584. The lowest BCUT2D eigenvalue weighted by Crippen LogP contribution is -2.03. The van der Waals surface area contributed by atoms with Gasteiger partial charge in [0.2, 0.25) is 9.05 Å². The fourth-order valence-electron chi connectivity index (χ4n) is 1.24. The highest BCUT2D eigenvalue weighted by Crippen LogP contribution is 2.31. The van der Waals surface area contributed by atoms with E-state index in [1.54, 1.807) is 0 Å². The molecular formula is C7H5ClN2O6S. The predicted octanol–water partition coefficient (Wildman–Crippen LogP) is 1.57. The molecule has 10 heteroatoms. The van der Waals surface area contributed by atoms with Crippen molar-refractivity contribution >= 4 is 31.1 Å². The van der Waals surface area contributed by atoms with Gasteiger partial charge in [0, 0.05) is 16.7 Å². The molecule has 8 nitrogen and oxygen atoms in total. The summed E-state index contributed by atoms with van der Waals surface area (Å²) in [6.07, 6.45) is 0. The van der Waals surface area contributed by atoms with Crippen LogP contribution in [0.4, 0.5) is 11.4 Å². The standard InChI is InChI=1S/C7H5ClN2O6S/c8-17(15,16)4-5-2-1-3-6(9(11)12)7(5)10(13)14/h1-3H,4H2. The summed E-state index contributed by atoms with van der Waals surface area (Å²) in [6, 6.07) is 3.18. The molecule has 0 bridgehead atoms. The van der Waals surface area contributed by atoms with E-state index in [1.165, 1.54) is 0 Å². The lowest BCUT2D eigenvalue weighted by molar-refractivity contribution is -0.422. The van der Waals surface area contributed by atoms with E-state index in [1.807, 2.05) is 0 Å². The normalized spacial score (nSPS) is 11.1. The molecule has 0 spiro atoms. The average molecular weight is 281 g/mol. The highest BCUT2D eigenvalue weighted by atomic mass is 35.7. The Kier molecular flexibility index (Phi) is 3.63. The van der Waals surface area contributed by atoms with E-state index in [9.17, 15) is 28.6 Å². The molecule has 0 aliphatic heterocycles. The quantitative estimate of drug-likeness (QED) is 0.469. The maximum atomic E-state index is 10.8. The van der Waals surface area contributed by atoms with Crippen LogP contribution in [0, 0.1) is 20.2 Å². The van der Waals surface area contributed by atoms with Crippen LogP contribution in [0.3, 0.4) is 0 Å². The minimum Gasteiger partial charge on any atom is -0.258 e. The van der Waals surface area contributed by atoms with Crippen LogP contribution in [-0.2, 0) is 14.8 Å². The molecule has 1 rings (SSSR count). The number of hydrogen-bond donors (Lipinski definition) is 0. The molecule has 0 aliphatic rings. The summed E-state index contributed by atoms with van der Waals surface area (Å²) in [5.74, 6) is -0.841. The third-order valence-electron chi connectivity index (χ3n) is 1.81. The van der Waals surface area contributed by atoms with Crippen molar-refractivity contribution < 1.29 is 18.3 Å². The van der Waals surface area contributed by atoms with Gasteiger partial charge in [-0.3, -0.25) is 20.2 Å². The summed E-state index contributed by atoms with van der Waals surface area (Å²) in [5.41, 5.74) is -1.95. The van der Waals surface area contributed by atoms with Crippen LogP contribution in [0.5, 0.6) is 0 Å². The second-order valence-electron chi connectivity index (χ2n) is 2.98. The van der Waals surface area contributed by atoms with Crippen LogP contribution in [-0.4, -0.2) is 18.3 Å². The van der Waals surface area contributed by atoms with E-state index in [2.05, 4.69) is 0 Å². The zero-order chi connectivity index (χ0) is 13.2. The highest BCUT2D eigenvalue weighted by molar-refractivity contribution is 8.13. The van der Waals surface area contributed by atoms with Gasteiger partial charge < -0.3 is 0 Å². The monoisotopic (exact) mass is 280 g/mol.